The van der Waals surface area contributed by atoms with Crippen molar-refractivity contribution in [3.63, 3.8) is 0 Å². The van der Waals surface area contributed by atoms with Crippen molar-refractivity contribution in [2.45, 2.75) is 47.0 Å². The summed E-state index contributed by atoms with van der Waals surface area (Å²) in [5, 5.41) is 2.27. The number of aliphatic imine (C=N–C) groups is 1. The van der Waals surface area contributed by atoms with Crippen molar-refractivity contribution < 1.29 is 4.79 Å². The lowest BCUT2D eigenvalue weighted by Gasteiger charge is -2.07. The van der Waals surface area contributed by atoms with E-state index in [9.17, 15) is 4.79 Å². The minimum Gasteiger partial charge on any atom is -0.382 e. The molecular weight excluding hydrogens is 342 g/mol. The van der Waals surface area contributed by atoms with Crippen molar-refractivity contribution in [1.29, 1.82) is 0 Å². The molecule has 0 radical (unpaired) electrons. The second-order valence-corrected chi connectivity index (χ2v) is 4.83. The molecule has 1 rings (SSSR count). The van der Waals surface area contributed by atoms with Gasteiger partial charge in [-0.25, -0.2) is 9.97 Å². The van der Waals surface area contributed by atoms with Gasteiger partial charge in [0.2, 0.25) is 0 Å². The lowest BCUT2D eigenvalue weighted by molar-refractivity contribution is 0.0972. The number of nitrogens with two attached hydrogens (primary N) is 3. The SMILES string of the molecule is C=CC.CC.CCCCCN=C(N)NC(=O)c1nc(Cl)c(N)nc1N. The predicted octanol–water partition coefficient (Wildman–Crippen LogP) is 2.75. The van der Waals surface area contributed by atoms with Gasteiger partial charge >= 0.3 is 0 Å². The number of rotatable bonds is 5. The number of nitrogen functional groups attached to an aromatic ring is 2. The molecule has 1 aromatic rings. The maximum absolute atomic E-state index is 11.9. The number of unbranched alkanes of at least 4 members (excludes halogenated alkanes) is 2. The molecule has 0 aromatic carbocycles. The van der Waals surface area contributed by atoms with E-state index in [1.165, 1.54) is 0 Å². The smallest absolute Gasteiger partial charge is 0.280 e. The van der Waals surface area contributed by atoms with Crippen molar-refractivity contribution in [1.82, 2.24) is 15.3 Å². The van der Waals surface area contributed by atoms with Gasteiger partial charge in [-0.15, -0.1) is 6.58 Å². The van der Waals surface area contributed by atoms with Crippen LogP contribution in [-0.4, -0.2) is 28.4 Å². The molecule has 1 aromatic heterocycles. The molecule has 0 aliphatic heterocycles. The Kier molecular flexibility index (Phi) is 15.1. The second-order valence-electron chi connectivity index (χ2n) is 4.47. The van der Waals surface area contributed by atoms with Crippen LogP contribution in [-0.2, 0) is 0 Å². The number of allylic oxidation sites excluding steroid dienone is 1. The number of nitrogens with zero attached hydrogens (tertiary/aromatic N) is 3. The molecule has 9 heteroatoms. The molecule has 1 amide bonds. The molecule has 1 heterocycles. The average molecular weight is 372 g/mol. The van der Waals surface area contributed by atoms with Crippen LogP contribution in [0.5, 0.6) is 0 Å². The van der Waals surface area contributed by atoms with Crippen LogP contribution in [0, 0.1) is 0 Å². The molecule has 0 aliphatic carbocycles. The highest BCUT2D eigenvalue weighted by molar-refractivity contribution is 6.31. The Morgan fingerprint density at radius 2 is 1.84 bits per heavy atom. The number of guanidine groups is 1. The minimum absolute atomic E-state index is 0.000232. The van der Waals surface area contributed by atoms with E-state index >= 15 is 0 Å². The summed E-state index contributed by atoms with van der Waals surface area (Å²) in [6, 6.07) is 0. The lowest BCUT2D eigenvalue weighted by Crippen LogP contribution is -2.38. The molecule has 0 bridgehead atoms. The highest BCUT2D eigenvalue weighted by atomic mass is 35.5. The first-order chi connectivity index (χ1) is 11.9. The maximum atomic E-state index is 11.9. The molecule has 7 N–H and O–H groups in total. The van der Waals surface area contributed by atoms with E-state index < -0.39 is 5.91 Å². The Hall–Kier alpha value is -2.35. The number of anilines is 2. The Morgan fingerprint density at radius 3 is 2.36 bits per heavy atom. The van der Waals surface area contributed by atoms with E-state index in [4.69, 9.17) is 28.8 Å². The van der Waals surface area contributed by atoms with E-state index in [1.807, 2.05) is 20.8 Å². The lowest BCUT2D eigenvalue weighted by atomic mass is 10.2. The number of halogens is 1. The summed E-state index contributed by atoms with van der Waals surface area (Å²) >= 11 is 5.69. The molecule has 0 saturated carbocycles. The topological polar surface area (TPSA) is 145 Å². The van der Waals surface area contributed by atoms with Gasteiger partial charge in [-0.3, -0.25) is 15.1 Å². The van der Waals surface area contributed by atoms with Crippen molar-refractivity contribution >= 4 is 35.1 Å². The van der Waals surface area contributed by atoms with Gasteiger partial charge in [-0.05, 0) is 13.3 Å². The summed E-state index contributed by atoms with van der Waals surface area (Å²) in [6.45, 7) is 11.9. The molecule has 0 atom stereocenters. The van der Waals surface area contributed by atoms with Crippen LogP contribution < -0.4 is 22.5 Å². The largest absolute Gasteiger partial charge is 0.382 e. The number of hydrogen-bond acceptors (Lipinski definition) is 6. The van der Waals surface area contributed by atoms with Gasteiger partial charge < -0.3 is 17.2 Å². The average Bonchev–Trinajstić information content (AvgIpc) is 2.57. The number of carbonyl (C=O) groups is 1. The number of nitrogens with one attached hydrogen (secondary N) is 1. The summed E-state index contributed by atoms with van der Waals surface area (Å²) in [4.78, 5) is 23.4. The fourth-order valence-electron chi connectivity index (χ4n) is 1.39. The van der Waals surface area contributed by atoms with Crippen LogP contribution in [0.2, 0.25) is 5.15 Å². The molecular formula is C16H30ClN7O. The van der Waals surface area contributed by atoms with E-state index in [0.29, 0.717) is 6.54 Å². The van der Waals surface area contributed by atoms with Gasteiger partial charge in [0.15, 0.2) is 28.4 Å². The fraction of sp³-hybridized carbons (Fsp3) is 0.500. The van der Waals surface area contributed by atoms with E-state index in [-0.39, 0.29) is 28.4 Å². The van der Waals surface area contributed by atoms with Gasteiger partial charge in [-0.1, -0.05) is 51.3 Å². The molecule has 0 aliphatic rings. The molecule has 0 unspecified atom stereocenters. The highest BCUT2D eigenvalue weighted by Crippen LogP contribution is 2.16. The third-order valence-corrected chi connectivity index (χ3v) is 2.68. The van der Waals surface area contributed by atoms with E-state index in [1.54, 1.807) is 6.08 Å². The van der Waals surface area contributed by atoms with Gasteiger partial charge in [0.25, 0.3) is 5.91 Å². The second kappa shape index (κ2) is 15.2. The Morgan fingerprint density at radius 1 is 1.28 bits per heavy atom. The predicted molar refractivity (Wildman–Crippen MR) is 107 cm³/mol. The van der Waals surface area contributed by atoms with Crippen molar-refractivity contribution in [2.75, 3.05) is 18.0 Å². The van der Waals surface area contributed by atoms with Crippen molar-refractivity contribution in [3.05, 3.63) is 23.5 Å². The standard InChI is InChI=1S/C11H18ClN7O.C3H6.C2H6/c1-2-3-4-5-16-11(15)19-10(20)6-8(13)18-9(14)7(12)17-6;1-3-2;1-2/h2-5H2,1H3,(H4,13,14,18)(H3,15,16,19,20);3H,1H2,2H3;1-2H3. The Labute approximate surface area is 155 Å². The first-order valence-electron chi connectivity index (χ1n) is 8.14. The van der Waals surface area contributed by atoms with Gasteiger partial charge in [0.05, 0.1) is 0 Å². The summed E-state index contributed by atoms with van der Waals surface area (Å²) in [5.41, 5.74) is 16.4. The summed E-state index contributed by atoms with van der Waals surface area (Å²) in [6.07, 6.45) is 4.79. The zero-order chi connectivity index (χ0) is 19.8. The molecule has 25 heavy (non-hydrogen) atoms. The molecule has 0 fully saturated rings. The van der Waals surface area contributed by atoms with Crippen LogP contribution in [0.4, 0.5) is 11.6 Å². The Bertz CT molecular complexity index is 562. The summed E-state index contributed by atoms with van der Waals surface area (Å²) in [5.74, 6) is -0.793. The quantitative estimate of drug-likeness (QED) is 0.271. The monoisotopic (exact) mass is 371 g/mol. The Balaban J connectivity index is 0. The molecule has 0 saturated heterocycles. The molecule has 142 valence electrons. The van der Waals surface area contributed by atoms with E-state index in [0.717, 1.165) is 19.3 Å². The van der Waals surface area contributed by atoms with Crippen LogP contribution >= 0.6 is 11.6 Å². The van der Waals surface area contributed by atoms with E-state index in [2.05, 4.69) is 33.8 Å². The normalized spacial score (nSPS) is 9.88. The van der Waals surface area contributed by atoms with Gasteiger partial charge in [0.1, 0.15) is 0 Å². The van der Waals surface area contributed by atoms with Crippen LogP contribution in [0.1, 0.15) is 57.4 Å². The number of hydrogen-bond donors (Lipinski definition) is 4. The third kappa shape index (κ3) is 10.9. The van der Waals surface area contributed by atoms with Crippen LogP contribution in [0.15, 0.2) is 17.6 Å². The molecule has 8 nitrogen and oxygen atoms in total. The van der Waals surface area contributed by atoms with Crippen LogP contribution in [0.3, 0.4) is 0 Å². The first kappa shape index (κ1) is 24.9. The zero-order valence-corrected chi connectivity index (χ0v) is 16.2. The fourth-order valence-corrected chi connectivity index (χ4v) is 1.51. The van der Waals surface area contributed by atoms with Crippen molar-refractivity contribution in [2.24, 2.45) is 10.7 Å². The third-order valence-electron chi connectivity index (χ3n) is 2.41. The van der Waals surface area contributed by atoms with Gasteiger partial charge in [0, 0.05) is 6.54 Å². The summed E-state index contributed by atoms with van der Waals surface area (Å²) < 4.78 is 0. The minimum atomic E-state index is -0.631. The van der Waals surface area contributed by atoms with Crippen LogP contribution in [0.25, 0.3) is 0 Å². The number of carbonyl (C=O) groups excluding carboxylic acids is 1. The summed E-state index contributed by atoms with van der Waals surface area (Å²) in [7, 11) is 0. The maximum Gasteiger partial charge on any atom is 0.280 e. The zero-order valence-electron chi connectivity index (χ0n) is 15.5. The first-order valence-corrected chi connectivity index (χ1v) is 8.51. The molecule has 0 spiro atoms. The van der Waals surface area contributed by atoms with Crippen molar-refractivity contribution in [3.8, 4) is 0 Å². The number of aromatic nitrogens is 2. The highest BCUT2D eigenvalue weighted by Gasteiger charge is 2.16. The van der Waals surface area contributed by atoms with Gasteiger partial charge in [-0.2, -0.15) is 0 Å². The number of amides is 1.